The van der Waals surface area contributed by atoms with E-state index in [1.54, 1.807) is 24.1 Å². The van der Waals surface area contributed by atoms with Crippen molar-refractivity contribution in [2.45, 2.75) is 23.3 Å². The van der Waals surface area contributed by atoms with Crippen LogP contribution >= 0.6 is 0 Å². The number of sulfonamides is 1. The molecule has 0 aliphatic carbocycles. The summed E-state index contributed by atoms with van der Waals surface area (Å²) < 4.78 is 38.4. The molecule has 1 aromatic carbocycles. The quantitative estimate of drug-likeness (QED) is 0.683. The minimum Gasteiger partial charge on any atom is -0.383 e. The smallest absolute Gasteiger partial charge is 0.254 e. The zero-order chi connectivity index (χ0) is 19.3. The van der Waals surface area contributed by atoms with Gasteiger partial charge in [0.1, 0.15) is 0 Å². The molecule has 0 spiro atoms. The topological polar surface area (TPSA) is 97.0 Å². The molecule has 1 unspecified atom stereocenters. The predicted octanol–water partition coefficient (Wildman–Crippen LogP) is 0.206. The lowest BCUT2D eigenvalue weighted by Gasteiger charge is -2.29. The molecule has 8 nitrogen and oxygen atoms in total. The van der Waals surface area contributed by atoms with Crippen LogP contribution in [0.3, 0.4) is 0 Å². The van der Waals surface area contributed by atoms with Crippen molar-refractivity contribution >= 4 is 15.9 Å². The number of benzene rings is 1. The number of rotatable bonds is 7. The first-order valence-corrected chi connectivity index (χ1v) is 10.6. The molecule has 1 amide bonds. The first-order valence-electron chi connectivity index (χ1n) is 9.17. The van der Waals surface area contributed by atoms with Crippen LogP contribution in [0.1, 0.15) is 23.2 Å². The van der Waals surface area contributed by atoms with Crippen LogP contribution in [0.4, 0.5) is 0 Å². The Labute approximate surface area is 160 Å². The summed E-state index contributed by atoms with van der Waals surface area (Å²) >= 11 is 0. The number of carbonyl (C=O) groups excluding carboxylic acids is 1. The van der Waals surface area contributed by atoms with Gasteiger partial charge in [-0.05, 0) is 43.7 Å². The highest BCUT2D eigenvalue weighted by Gasteiger charge is 2.34. The van der Waals surface area contributed by atoms with Gasteiger partial charge in [0.2, 0.25) is 10.0 Å². The third-order valence-electron chi connectivity index (χ3n) is 5.06. The Morgan fingerprint density at radius 2 is 2.00 bits per heavy atom. The van der Waals surface area contributed by atoms with E-state index in [1.807, 2.05) is 0 Å². The Hall–Kier alpha value is -1.52. The number of hydrogen-bond donors (Lipinski definition) is 2. The number of nitrogens with one attached hydrogen (secondary N) is 2. The molecule has 1 atom stereocenters. The summed E-state index contributed by atoms with van der Waals surface area (Å²) in [5.74, 6) is -0.107. The molecule has 2 heterocycles. The van der Waals surface area contributed by atoms with Gasteiger partial charge in [-0.15, -0.1) is 0 Å². The van der Waals surface area contributed by atoms with Gasteiger partial charge in [0, 0.05) is 32.3 Å². The summed E-state index contributed by atoms with van der Waals surface area (Å²) in [6, 6.07) is 6.07. The second kappa shape index (κ2) is 8.66. The van der Waals surface area contributed by atoms with E-state index in [2.05, 4.69) is 10.0 Å². The molecule has 0 saturated carbocycles. The van der Waals surface area contributed by atoms with Gasteiger partial charge in [0.05, 0.1) is 30.3 Å². The van der Waals surface area contributed by atoms with Crippen molar-refractivity contribution in [2.24, 2.45) is 0 Å². The van der Waals surface area contributed by atoms with Crippen molar-refractivity contribution in [3.05, 3.63) is 29.8 Å². The largest absolute Gasteiger partial charge is 0.383 e. The molecule has 2 fully saturated rings. The fraction of sp³-hybridized carbons (Fsp3) is 0.611. The fourth-order valence-corrected chi connectivity index (χ4v) is 4.64. The van der Waals surface area contributed by atoms with Crippen LogP contribution in [0.5, 0.6) is 0 Å². The van der Waals surface area contributed by atoms with Crippen molar-refractivity contribution in [1.82, 2.24) is 14.9 Å². The van der Waals surface area contributed by atoms with E-state index in [1.165, 1.54) is 12.1 Å². The summed E-state index contributed by atoms with van der Waals surface area (Å²) in [4.78, 5) is 14.3. The van der Waals surface area contributed by atoms with E-state index in [0.717, 1.165) is 19.4 Å². The molecule has 2 saturated heterocycles. The van der Waals surface area contributed by atoms with Gasteiger partial charge in [-0.3, -0.25) is 4.79 Å². The molecule has 0 aromatic heterocycles. The van der Waals surface area contributed by atoms with E-state index < -0.39 is 10.0 Å². The maximum absolute atomic E-state index is 12.6. The Morgan fingerprint density at radius 1 is 1.30 bits per heavy atom. The van der Waals surface area contributed by atoms with Gasteiger partial charge >= 0.3 is 0 Å². The molecule has 2 N–H and O–H groups in total. The standard InChI is InChI=1S/C18H27N3O5S/c1-25-14-18(7-2-8-19-18)13-20-27(23,24)16-5-3-15(4-6-16)17(22)21-9-11-26-12-10-21/h3-6,19-20H,2,7-14H2,1H3. The van der Waals surface area contributed by atoms with E-state index in [-0.39, 0.29) is 22.9 Å². The second-order valence-corrected chi connectivity index (χ2v) is 8.76. The Balaban J connectivity index is 1.65. The van der Waals surface area contributed by atoms with Crippen molar-refractivity contribution in [2.75, 3.05) is 53.1 Å². The van der Waals surface area contributed by atoms with E-state index in [0.29, 0.717) is 38.5 Å². The molecule has 150 valence electrons. The van der Waals surface area contributed by atoms with Crippen LogP contribution in [0.15, 0.2) is 29.2 Å². The van der Waals surface area contributed by atoms with Crippen LogP contribution in [0.2, 0.25) is 0 Å². The molecule has 2 aliphatic rings. The monoisotopic (exact) mass is 397 g/mol. The lowest BCUT2D eigenvalue weighted by molar-refractivity contribution is 0.0303. The van der Waals surface area contributed by atoms with Crippen LogP contribution in [0.25, 0.3) is 0 Å². The highest BCUT2D eigenvalue weighted by Crippen LogP contribution is 2.20. The zero-order valence-electron chi connectivity index (χ0n) is 15.6. The Kier molecular flexibility index (Phi) is 6.48. The van der Waals surface area contributed by atoms with Crippen molar-refractivity contribution in [1.29, 1.82) is 0 Å². The summed E-state index contributed by atoms with van der Waals surface area (Å²) in [5.41, 5.74) is 0.109. The van der Waals surface area contributed by atoms with Gasteiger partial charge in [0.15, 0.2) is 0 Å². The number of nitrogens with zero attached hydrogens (tertiary/aromatic N) is 1. The van der Waals surface area contributed by atoms with Gasteiger partial charge in [-0.2, -0.15) is 0 Å². The molecule has 3 rings (SSSR count). The summed E-state index contributed by atoms with van der Waals surface area (Å²) in [5, 5.41) is 3.34. The fourth-order valence-electron chi connectivity index (χ4n) is 3.51. The number of carbonyl (C=O) groups is 1. The van der Waals surface area contributed by atoms with Gasteiger partial charge in [-0.1, -0.05) is 0 Å². The molecule has 0 radical (unpaired) electrons. The second-order valence-electron chi connectivity index (χ2n) is 7.00. The van der Waals surface area contributed by atoms with Crippen molar-refractivity contribution in [3.8, 4) is 0 Å². The Morgan fingerprint density at radius 3 is 2.59 bits per heavy atom. The minimum absolute atomic E-state index is 0.107. The number of ether oxygens (including phenoxy) is 2. The highest BCUT2D eigenvalue weighted by molar-refractivity contribution is 7.89. The average molecular weight is 397 g/mol. The molecular weight excluding hydrogens is 370 g/mol. The number of amides is 1. The highest BCUT2D eigenvalue weighted by atomic mass is 32.2. The van der Waals surface area contributed by atoms with Crippen LogP contribution < -0.4 is 10.0 Å². The molecule has 1 aromatic rings. The first kappa shape index (κ1) is 20.2. The van der Waals surface area contributed by atoms with Crippen LogP contribution in [0, 0.1) is 0 Å². The van der Waals surface area contributed by atoms with Crippen molar-refractivity contribution in [3.63, 3.8) is 0 Å². The molecule has 0 bridgehead atoms. The van der Waals surface area contributed by atoms with E-state index in [4.69, 9.17) is 9.47 Å². The maximum atomic E-state index is 12.6. The summed E-state index contributed by atoms with van der Waals surface area (Å²) in [6.45, 7) is 3.71. The third-order valence-corrected chi connectivity index (χ3v) is 6.48. The Bertz CT molecular complexity index is 739. The lowest BCUT2D eigenvalue weighted by Crippen LogP contribution is -2.52. The molecular formula is C18H27N3O5S. The first-order chi connectivity index (χ1) is 13.0. The summed E-state index contributed by atoms with van der Waals surface area (Å²) in [6.07, 6.45) is 1.85. The summed E-state index contributed by atoms with van der Waals surface area (Å²) in [7, 11) is -2.05. The third kappa shape index (κ3) is 4.85. The van der Waals surface area contributed by atoms with E-state index >= 15 is 0 Å². The van der Waals surface area contributed by atoms with E-state index in [9.17, 15) is 13.2 Å². The number of morpholine rings is 1. The van der Waals surface area contributed by atoms with Crippen LogP contribution in [-0.2, 0) is 19.5 Å². The molecule has 27 heavy (non-hydrogen) atoms. The maximum Gasteiger partial charge on any atom is 0.254 e. The van der Waals surface area contributed by atoms with Gasteiger partial charge < -0.3 is 19.7 Å². The average Bonchev–Trinajstić information content (AvgIpc) is 3.16. The number of methoxy groups -OCH3 is 1. The van der Waals surface area contributed by atoms with Gasteiger partial charge in [-0.25, -0.2) is 13.1 Å². The van der Waals surface area contributed by atoms with Crippen LogP contribution in [-0.4, -0.2) is 77.9 Å². The number of hydrogen-bond acceptors (Lipinski definition) is 6. The SMILES string of the molecule is COCC1(CNS(=O)(=O)c2ccc(C(=O)N3CCOCC3)cc2)CCCN1. The van der Waals surface area contributed by atoms with Crippen molar-refractivity contribution < 1.29 is 22.7 Å². The van der Waals surface area contributed by atoms with Gasteiger partial charge in [0.25, 0.3) is 5.91 Å². The molecule has 9 heteroatoms. The predicted molar refractivity (Wildman–Crippen MR) is 100 cm³/mol. The lowest BCUT2D eigenvalue weighted by atomic mass is 9.99. The normalized spacial score (nSPS) is 23.5. The molecule has 2 aliphatic heterocycles. The zero-order valence-corrected chi connectivity index (χ0v) is 16.4. The minimum atomic E-state index is -3.66.